The van der Waals surface area contributed by atoms with Gasteiger partial charge in [0.15, 0.2) is 0 Å². The molecule has 6 heteroatoms. The van der Waals surface area contributed by atoms with E-state index in [9.17, 15) is 0 Å². The third kappa shape index (κ3) is 0.627. The van der Waals surface area contributed by atoms with Crippen LogP contribution < -0.4 is 16.8 Å². The first-order valence-electron chi connectivity index (χ1n) is 1.31. The summed E-state index contributed by atoms with van der Waals surface area (Å²) in [6.45, 7) is 0. The van der Waals surface area contributed by atoms with E-state index in [1.54, 1.807) is 0 Å². The molecule has 4 N–H and O–H groups in total. The molecule has 0 radical (unpaired) electrons. The van der Waals surface area contributed by atoms with Gasteiger partial charge in [0.2, 0.25) is 0 Å². The summed E-state index contributed by atoms with van der Waals surface area (Å²) in [6.07, 6.45) is 0. The molecule has 0 spiro atoms. The third-order valence-electron chi connectivity index (χ3n) is 0.319. The van der Waals surface area contributed by atoms with Crippen LogP contribution in [0.4, 0.5) is 0 Å². The number of quaternary nitrogens is 1. The van der Waals surface area contributed by atoms with Crippen molar-refractivity contribution in [2.24, 2.45) is 5.84 Å². The number of nitrogens with zero attached hydrogens (tertiary/aromatic N) is 1. The molecule has 1 atom stereocenters. The Morgan fingerprint density at radius 2 is 2.67 bits per heavy atom. The lowest BCUT2D eigenvalue weighted by Gasteiger charge is -2.02. The zero-order valence-electron chi connectivity index (χ0n) is 2.84. The van der Waals surface area contributed by atoms with Crippen LogP contribution in [0, 0.1) is 0 Å². The molecule has 0 aromatic carbocycles. The van der Waals surface area contributed by atoms with Crippen LogP contribution in [-0.4, -0.2) is 0 Å². The second kappa shape index (κ2) is 1.47. The molecule has 36 valence electrons. The fourth-order valence-corrected chi connectivity index (χ4v) is 0.144. The summed E-state index contributed by atoms with van der Waals surface area (Å²) in [6, 6.07) is 0. The van der Waals surface area contributed by atoms with Crippen molar-refractivity contribution in [3.63, 3.8) is 0 Å². The Hall–Kier alpha value is -0.240. The first-order chi connectivity index (χ1) is 2.89. The normalized spacial score (nSPS) is 34.5. The van der Waals surface area contributed by atoms with Crippen LogP contribution in [-0.2, 0) is 9.88 Å². The second-order valence-electron chi connectivity index (χ2n) is 0.706. The molecule has 1 aliphatic rings. The average molecular weight is 92.1 g/mol. The number of nitrogens with two attached hydrogens (primary N) is 1. The van der Waals surface area contributed by atoms with E-state index in [4.69, 9.17) is 5.84 Å². The summed E-state index contributed by atoms with van der Waals surface area (Å²) >= 11 is 0. The molecule has 0 aromatic rings. The van der Waals surface area contributed by atoms with Gasteiger partial charge in [-0.3, -0.25) is 0 Å². The van der Waals surface area contributed by atoms with Gasteiger partial charge in [0.05, 0.1) is 0 Å². The van der Waals surface area contributed by atoms with E-state index in [2.05, 4.69) is 15.5 Å². The Labute approximate surface area is 33.6 Å². The highest BCUT2D eigenvalue weighted by atomic mass is 17.1. The summed E-state index contributed by atoms with van der Waals surface area (Å²) in [5.74, 6) is 4.88. The largest absolute Gasteiger partial charge is 0.323 e. The summed E-state index contributed by atoms with van der Waals surface area (Å²) in [7, 11) is 0. The van der Waals surface area contributed by atoms with Crippen LogP contribution in [0.2, 0.25) is 0 Å². The zero-order valence-corrected chi connectivity index (χ0v) is 2.84. The van der Waals surface area contributed by atoms with E-state index in [0.717, 1.165) is 0 Å². The highest BCUT2D eigenvalue weighted by Gasteiger charge is 1.96. The smallest absolute Gasteiger partial charge is 0.0352 e. The molecule has 6 nitrogen and oxygen atoms in total. The van der Waals surface area contributed by atoms with Crippen molar-refractivity contribution in [1.82, 2.24) is 5.64 Å². The first-order valence-corrected chi connectivity index (χ1v) is 1.31. The Morgan fingerprint density at radius 1 is 1.83 bits per heavy atom. The molecule has 1 fully saturated rings. The lowest BCUT2D eigenvalue weighted by Crippen LogP contribution is -3.11. The van der Waals surface area contributed by atoms with Gasteiger partial charge in [-0.15, -0.1) is 5.28 Å². The van der Waals surface area contributed by atoms with Crippen LogP contribution in [0.15, 0.2) is 0 Å². The minimum Gasteiger partial charge on any atom is -0.323 e. The predicted octanol–water partition coefficient (Wildman–Crippen LogP) is -2.67. The average Bonchev–Trinajstić information content (AvgIpc) is 1.86. The highest BCUT2D eigenvalue weighted by Crippen LogP contribution is 1.71. The Balaban J connectivity index is 2.18. The second-order valence-corrected chi connectivity index (χ2v) is 0.706. The summed E-state index contributed by atoms with van der Waals surface area (Å²) < 4.78 is 0. The van der Waals surface area contributed by atoms with Gasteiger partial charge in [-0.2, -0.15) is 5.84 Å². The van der Waals surface area contributed by atoms with E-state index >= 15 is 0 Å². The van der Waals surface area contributed by atoms with Gasteiger partial charge in [0, 0.05) is 0 Å². The highest BCUT2D eigenvalue weighted by molar-refractivity contribution is 4.14. The lowest BCUT2D eigenvalue weighted by atomic mass is 12.4. The lowest BCUT2D eigenvalue weighted by molar-refractivity contribution is -1.07. The van der Waals surface area contributed by atoms with Crippen molar-refractivity contribution in [3.05, 3.63) is 5.59 Å². The Kier molecular flexibility index (Phi) is 0.965. The number of rotatable bonds is 0. The molecular weight excluding hydrogens is 88.0 g/mol. The fourth-order valence-electron chi connectivity index (χ4n) is 0.144. The van der Waals surface area contributed by atoms with Gasteiger partial charge in [-0.25, -0.2) is 5.59 Å². The SMILES string of the molecule is N[NH+]1[N-]ONO1. The Morgan fingerprint density at radius 3 is 2.83 bits per heavy atom. The maximum atomic E-state index is 4.88. The first kappa shape index (κ1) is 3.93. The van der Waals surface area contributed by atoms with Crippen LogP contribution in [0.1, 0.15) is 0 Å². The van der Waals surface area contributed by atoms with Gasteiger partial charge < -0.3 is 4.94 Å². The molecule has 0 aliphatic carbocycles. The minimum atomic E-state index is -0.00463. The zero-order chi connectivity index (χ0) is 4.41. The van der Waals surface area contributed by atoms with E-state index in [1.165, 1.54) is 0 Å². The van der Waals surface area contributed by atoms with Crippen molar-refractivity contribution >= 4 is 0 Å². The maximum absolute atomic E-state index is 4.88. The van der Waals surface area contributed by atoms with Gasteiger partial charge in [-0.1, -0.05) is 4.94 Å². The fraction of sp³-hybridized carbons (Fsp3) is 0. The van der Waals surface area contributed by atoms with Crippen LogP contribution in [0.3, 0.4) is 0 Å². The van der Waals surface area contributed by atoms with Crippen LogP contribution in [0.5, 0.6) is 0 Å². The molecule has 6 heavy (non-hydrogen) atoms. The van der Waals surface area contributed by atoms with Gasteiger partial charge in [0.25, 0.3) is 0 Å². The molecule has 1 saturated heterocycles. The molecule has 1 rings (SSSR count). The topological polar surface area (TPSA) is 75.1 Å². The van der Waals surface area contributed by atoms with Crippen molar-refractivity contribution in [1.29, 1.82) is 0 Å². The van der Waals surface area contributed by atoms with E-state index in [-0.39, 0.29) is 5.28 Å². The third-order valence-corrected chi connectivity index (χ3v) is 0.319. The molecule has 0 saturated carbocycles. The minimum absolute atomic E-state index is 0.00463. The van der Waals surface area contributed by atoms with Crippen LogP contribution in [0.25, 0.3) is 5.59 Å². The standard InChI is InChI=1S/H4N4O2/c1-4-2-5-3-6-4/h3-4H,1H2. The van der Waals surface area contributed by atoms with Crippen molar-refractivity contribution in [2.75, 3.05) is 0 Å². The van der Waals surface area contributed by atoms with Crippen molar-refractivity contribution in [2.45, 2.75) is 0 Å². The number of nitrogens with one attached hydrogen (secondary N) is 2. The molecule has 0 aromatic heterocycles. The van der Waals surface area contributed by atoms with Gasteiger partial charge in [-0.05, 0) is 5.64 Å². The molecule has 0 bridgehead atoms. The van der Waals surface area contributed by atoms with E-state index in [1.807, 2.05) is 5.64 Å². The molecule has 1 heterocycles. The van der Waals surface area contributed by atoms with Gasteiger partial charge >= 0.3 is 0 Å². The van der Waals surface area contributed by atoms with Crippen LogP contribution >= 0.6 is 0 Å². The maximum Gasteiger partial charge on any atom is -0.0352 e. The number of hydrogen-bond donors (Lipinski definition) is 3. The summed E-state index contributed by atoms with van der Waals surface area (Å²) in [5.41, 5.74) is 5.04. The summed E-state index contributed by atoms with van der Waals surface area (Å²) in [4.78, 5) is 8.26. The number of hydrogen-bond acceptors (Lipinski definition) is 4. The predicted molar refractivity (Wildman–Crippen MR) is 13.8 cm³/mol. The van der Waals surface area contributed by atoms with Crippen molar-refractivity contribution < 1.29 is 15.2 Å². The summed E-state index contributed by atoms with van der Waals surface area (Å²) in [5, 5.41) is -0.00463. The van der Waals surface area contributed by atoms with Crippen molar-refractivity contribution in [3.8, 4) is 0 Å². The van der Waals surface area contributed by atoms with E-state index in [0.29, 0.717) is 0 Å². The Bertz CT molecular complexity index is 38.8. The molecule has 0 amide bonds. The van der Waals surface area contributed by atoms with Gasteiger partial charge in [0.1, 0.15) is 0 Å². The monoisotopic (exact) mass is 92.0 g/mol. The quantitative estimate of drug-likeness (QED) is 0.285. The van der Waals surface area contributed by atoms with E-state index < -0.39 is 0 Å². The molecule has 1 unspecified atom stereocenters. The molecule has 1 aliphatic heterocycles. The molecular formula is H4N4O2.